The van der Waals surface area contributed by atoms with Gasteiger partial charge in [0, 0.05) is 31.4 Å². The molecule has 2 amide bonds. The minimum Gasteiger partial charge on any atom is -0.357 e. The van der Waals surface area contributed by atoms with E-state index in [4.69, 9.17) is 0 Å². The van der Waals surface area contributed by atoms with Gasteiger partial charge >= 0.3 is 0 Å². The van der Waals surface area contributed by atoms with Crippen LogP contribution in [-0.2, 0) is 9.59 Å². The van der Waals surface area contributed by atoms with Crippen LogP contribution in [0, 0.1) is 0 Å². The van der Waals surface area contributed by atoms with Crippen molar-refractivity contribution in [3.63, 3.8) is 0 Å². The number of carbonyl (C=O) groups excluding carboxylic acids is 2. The van der Waals surface area contributed by atoms with Gasteiger partial charge in [0.05, 0.1) is 5.75 Å². The summed E-state index contributed by atoms with van der Waals surface area (Å²) in [5.41, 5.74) is 0. The molecule has 0 aromatic heterocycles. The van der Waals surface area contributed by atoms with E-state index in [1.54, 1.807) is 23.7 Å². The highest BCUT2D eigenvalue weighted by molar-refractivity contribution is 8.01. The van der Waals surface area contributed by atoms with E-state index in [2.05, 4.69) is 31.4 Å². The lowest BCUT2D eigenvalue weighted by atomic mass is 10.2. The number of amides is 2. The zero-order valence-corrected chi connectivity index (χ0v) is 12.4. The second-order valence-electron chi connectivity index (χ2n) is 5.32. The summed E-state index contributed by atoms with van der Waals surface area (Å²) in [6, 6.07) is -0.378. The Kier molecular flexibility index (Phi) is 5.47. The van der Waals surface area contributed by atoms with Crippen molar-refractivity contribution in [2.45, 2.75) is 31.6 Å². The Bertz CT molecular complexity index is 315. The van der Waals surface area contributed by atoms with Gasteiger partial charge in [-0.2, -0.15) is 0 Å². The van der Waals surface area contributed by atoms with Crippen LogP contribution in [0.25, 0.3) is 0 Å². The second kappa shape index (κ2) is 6.43. The van der Waals surface area contributed by atoms with Crippen molar-refractivity contribution in [3.05, 3.63) is 0 Å². The molecule has 0 radical (unpaired) electrons. The van der Waals surface area contributed by atoms with Crippen LogP contribution in [0.4, 0.5) is 0 Å². The third kappa shape index (κ3) is 4.49. The van der Waals surface area contributed by atoms with Crippen molar-refractivity contribution in [2.75, 3.05) is 32.4 Å². The highest BCUT2D eigenvalue weighted by atomic mass is 32.2. The third-order valence-electron chi connectivity index (χ3n) is 2.74. The van der Waals surface area contributed by atoms with Crippen molar-refractivity contribution >= 4 is 23.6 Å². The summed E-state index contributed by atoms with van der Waals surface area (Å²) in [6.45, 7) is 8.13. The van der Waals surface area contributed by atoms with Gasteiger partial charge in [0.15, 0.2) is 0 Å². The lowest BCUT2D eigenvalue weighted by molar-refractivity contribution is -0.139. The Morgan fingerprint density at radius 3 is 2.67 bits per heavy atom. The molecule has 104 valence electrons. The molecule has 1 saturated heterocycles. The van der Waals surface area contributed by atoms with E-state index < -0.39 is 0 Å². The zero-order valence-electron chi connectivity index (χ0n) is 11.6. The molecule has 1 rings (SSSR count). The van der Waals surface area contributed by atoms with Gasteiger partial charge in [-0.15, -0.1) is 11.8 Å². The first kappa shape index (κ1) is 15.3. The number of nitrogens with zero attached hydrogens (tertiary/aromatic N) is 1. The number of rotatable bonds is 3. The third-order valence-corrected chi connectivity index (χ3v) is 4.00. The smallest absolute Gasteiger partial charge is 0.243 e. The molecule has 1 atom stereocenters. The molecule has 0 aromatic carbocycles. The molecular weight excluding hydrogens is 250 g/mol. The molecule has 1 unspecified atom stereocenters. The number of carbonyl (C=O) groups is 2. The summed E-state index contributed by atoms with van der Waals surface area (Å²) in [5.74, 6) is 0.373. The van der Waals surface area contributed by atoms with Crippen molar-refractivity contribution in [2.24, 2.45) is 0 Å². The zero-order chi connectivity index (χ0) is 13.8. The highest BCUT2D eigenvalue weighted by Gasteiger charge is 2.31. The van der Waals surface area contributed by atoms with E-state index in [1.165, 1.54) is 0 Å². The molecule has 0 spiro atoms. The number of thioether (sulfide) groups is 1. The van der Waals surface area contributed by atoms with E-state index in [1.807, 2.05) is 0 Å². The maximum atomic E-state index is 12.2. The molecule has 0 aliphatic carbocycles. The van der Waals surface area contributed by atoms with Crippen LogP contribution in [0.15, 0.2) is 0 Å². The quantitative estimate of drug-likeness (QED) is 0.763. The standard InChI is InChI=1S/C12H23N3O2S/c1-12(2,3)18-8-10(16)15-6-5-14-7-9(15)11(17)13-4/h9,14H,5-8H2,1-4H3,(H,13,17). The van der Waals surface area contributed by atoms with Gasteiger partial charge in [-0.3, -0.25) is 9.59 Å². The maximum absolute atomic E-state index is 12.2. The fourth-order valence-corrected chi connectivity index (χ4v) is 2.49. The molecule has 1 aliphatic rings. The molecular formula is C12H23N3O2S. The van der Waals surface area contributed by atoms with Crippen molar-refractivity contribution in [1.29, 1.82) is 0 Å². The number of hydrogen-bond acceptors (Lipinski definition) is 4. The number of piperazine rings is 1. The summed E-state index contributed by atoms with van der Waals surface area (Å²) in [7, 11) is 1.60. The van der Waals surface area contributed by atoms with Crippen molar-refractivity contribution in [1.82, 2.24) is 15.5 Å². The summed E-state index contributed by atoms with van der Waals surface area (Å²) < 4.78 is 0.0617. The Morgan fingerprint density at radius 1 is 1.44 bits per heavy atom. The molecule has 0 saturated carbocycles. The van der Waals surface area contributed by atoms with Gasteiger partial charge in [0.25, 0.3) is 0 Å². The summed E-state index contributed by atoms with van der Waals surface area (Å²) >= 11 is 1.61. The van der Waals surface area contributed by atoms with Crippen molar-refractivity contribution in [3.8, 4) is 0 Å². The molecule has 6 heteroatoms. The fourth-order valence-electron chi connectivity index (χ4n) is 1.76. The van der Waals surface area contributed by atoms with Gasteiger partial charge in [0.1, 0.15) is 6.04 Å². The average Bonchev–Trinajstić information content (AvgIpc) is 2.34. The molecule has 5 nitrogen and oxygen atoms in total. The van der Waals surface area contributed by atoms with Crippen LogP contribution in [-0.4, -0.2) is 59.9 Å². The highest BCUT2D eigenvalue weighted by Crippen LogP contribution is 2.23. The minimum atomic E-state index is -0.378. The van der Waals surface area contributed by atoms with Gasteiger partial charge in [-0.25, -0.2) is 0 Å². The summed E-state index contributed by atoms with van der Waals surface area (Å²) in [4.78, 5) is 25.6. The Hall–Kier alpha value is -0.750. The van der Waals surface area contributed by atoms with Crippen LogP contribution in [0.3, 0.4) is 0 Å². The minimum absolute atomic E-state index is 0.0463. The first-order valence-electron chi connectivity index (χ1n) is 6.21. The molecule has 1 fully saturated rings. The van der Waals surface area contributed by atoms with Gasteiger partial charge in [-0.1, -0.05) is 20.8 Å². The SMILES string of the molecule is CNC(=O)C1CNCCN1C(=O)CSC(C)(C)C. The maximum Gasteiger partial charge on any atom is 0.243 e. The van der Waals surface area contributed by atoms with Crippen molar-refractivity contribution < 1.29 is 9.59 Å². The van der Waals surface area contributed by atoms with Gasteiger partial charge in [-0.05, 0) is 0 Å². The van der Waals surface area contributed by atoms with E-state index in [0.717, 1.165) is 6.54 Å². The lowest BCUT2D eigenvalue weighted by Gasteiger charge is -2.35. The lowest BCUT2D eigenvalue weighted by Crippen LogP contribution is -2.59. The van der Waals surface area contributed by atoms with Crippen LogP contribution in [0.1, 0.15) is 20.8 Å². The van der Waals surface area contributed by atoms with E-state index >= 15 is 0 Å². The number of likely N-dealkylation sites (N-methyl/N-ethyl adjacent to an activating group) is 1. The van der Waals surface area contributed by atoms with E-state index in [0.29, 0.717) is 18.8 Å². The largest absolute Gasteiger partial charge is 0.357 e. The first-order chi connectivity index (χ1) is 8.35. The monoisotopic (exact) mass is 273 g/mol. The predicted molar refractivity (Wildman–Crippen MR) is 74.6 cm³/mol. The molecule has 0 bridgehead atoms. The normalized spacial score (nSPS) is 20.7. The molecule has 1 aliphatic heterocycles. The topological polar surface area (TPSA) is 61.4 Å². The fraction of sp³-hybridized carbons (Fsp3) is 0.833. The number of hydrogen-bond donors (Lipinski definition) is 2. The first-order valence-corrected chi connectivity index (χ1v) is 7.19. The van der Waals surface area contributed by atoms with Gasteiger partial charge in [0.2, 0.25) is 11.8 Å². The van der Waals surface area contributed by atoms with E-state index in [9.17, 15) is 9.59 Å². The van der Waals surface area contributed by atoms with Crippen LogP contribution in [0.5, 0.6) is 0 Å². The molecule has 0 aromatic rings. The predicted octanol–water partition coefficient (Wildman–Crippen LogP) is 0.0645. The Labute approximate surface area is 113 Å². The summed E-state index contributed by atoms with van der Waals surface area (Å²) in [6.07, 6.45) is 0. The Morgan fingerprint density at radius 2 is 2.11 bits per heavy atom. The van der Waals surface area contributed by atoms with Crippen LogP contribution in [0.2, 0.25) is 0 Å². The average molecular weight is 273 g/mol. The van der Waals surface area contributed by atoms with Crippen LogP contribution >= 0.6 is 11.8 Å². The van der Waals surface area contributed by atoms with E-state index in [-0.39, 0.29) is 22.6 Å². The Balaban J connectivity index is 2.60. The van der Waals surface area contributed by atoms with Crippen LogP contribution < -0.4 is 10.6 Å². The summed E-state index contributed by atoms with van der Waals surface area (Å²) in [5, 5.41) is 5.76. The molecule has 2 N–H and O–H groups in total. The molecule has 18 heavy (non-hydrogen) atoms. The molecule has 1 heterocycles. The van der Waals surface area contributed by atoms with Gasteiger partial charge < -0.3 is 15.5 Å². The second-order valence-corrected chi connectivity index (χ2v) is 7.12. The number of nitrogens with one attached hydrogen (secondary N) is 2.